The van der Waals surface area contributed by atoms with Crippen LogP contribution < -0.4 is 31.5 Å². The molecule has 3 aliphatic carbocycles. The molecule has 8 aromatic carbocycles. The summed E-state index contributed by atoms with van der Waals surface area (Å²) in [6.07, 6.45) is 11.9. The van der Waals surface area contributed by atoms with Crippen LogP contribution in [0.4, 0.5) is 17.3 Å². The van der Waals surface area contributed by atoms with Gasteiger partial charge in [0, 0.05) is 75.3 Å². The van der Waals surface area contributed by atoms with Gasteiger partial charge in [-0.05, 0) is 89.7 Å². The van der Waals surface area contributed by atoms with Crippen molar-refractivity contribution in [2.45, 2.75) is 37.8 Å². The molecule has 1 saturated carbocycles. The van der Waals surface area contributed by atoms with E-state index in [0.717, 1.165) is 101 Å². The third kappa shape index (κ3) is 9.84. The molecule has 8 aromatic rings. The second-order valence-electron chi connectivity index (χ2n) is 17.5. The first-order valence-corrected chi connectivity index (χ1v) is 23.3. The van der Waals surface area contributed by atoms with Gasteiger partial charge in [-0.3, -0.25) is 9.59 Å². The Kier molecular flexibility index (Phi) is 14.0. The molecule has 0 spiro atoms. The average Bonchev–Trinajstić information content (AvgIpc) is 3.37. The predicted octanol–water partition coefficient (Wildman–Crippen LogP) is 10.7. The zero-order valence-electron chi connectivity index (χ0n) is 37.9. The summed E-state index contributed by atoms with van der Waals surface area (Å²) in [5.41, 5.74) is 8.79. The molecule has 4 nitrogen and oxygen atoms in total. The van der Waals surface area contributed by atoms with Gasteiger partial charge in [0.2, 0.25) is 0 Å². The number of fused-ring (bicyclic) bond motifs is 4. The monoisotopic (exact) mass is 965 g/mol. The molecule has 0 aromatic heterocycles. The molecule has 0 amide bonds. The number of hydrogen-bond acceptors (Lipinski definition) is 4. The van der Waals surface area contributed by atoms with Gasteiger partial charge < -0.3 is 27.9 Å². The fraction of sp³-hybridized carbons (Fsp3) is 0.100. The van der Waals surface area contributed by atoms with Crippen LogP contribution >= 0.6 is 0 Å². The van der Waals surface area contributed by atoms with E-state index < -0.39 is 7.25 Å². The van der Waals surface area contributed by atoms with Gasteiger partial charge in [0.1, 0.15) is 0 Å². The van der Waals surface area contributed by atoms with E-state index >= 15 is 9.59 Å². The van der Waals surface area contributed by atoms with Gasteiger partial charge in [-0.25, -0.2) is 0 Å². The molecule has 2 N–H and O–H groups in total. The molecule has 0 radical (unpaired) electrons. The number of rotatable bonds is 8. The first-order valence-electron chi connectivity index (χ1n) is 23.3. The Morgan fingerprint density at radius 3 is 1.21 bits per heavy atom. The number of halogens is 4. The van der Waals surface area contributed by atoms with Crippen LogP contribution in [0.5, 0.6) is 0 Å². The van der Waals surface area contributed by atoms with Crippen LogP contribution in [0.3, 0.4) is 0 Å². The van der Waals surface area contributed by atoms with Gasteiger partial charge in [0.25, 0.3) is 0 Å². The minimum Gasteiger partial charge on any atom is -0.418 e. The Bertz CT molecular complexity index is 3390. The van der Waals surface area contributed by atoms with E-state index in [2.05, 4.69) is 120 Å². The summed E-state index contributed by atoms with van der Waals surface area (Å²) in [5.74, 6) is -0.00998. The van der Waals surface area contributed by atoms with Crippen molar-refractivity contribution in [2.24, 2.45) is 0 Å². The van der Waals surface area contributed by atoms with Crippen molar-refractivity contribution in [2.75, 3.05) is 0 Å². The molecule has 70 heavy (non-hydrogen) atoms. The third-order valence-corrected chi connectivity index (χ3v) is 13.3. The third-order valence-electron chi connectivity index (χ3n) is 13.3. The normalized spacial score (nSPS) is 17.7. The molecule has 0 unspecified atom stereocenters. The predicted molar refractivity (Wildman–Crippen MR) is 273 cm³/mol. The number of hydrogen-bond donors (Lipinski definition) is 2. The zero-order valence-corrected chi connectivity index (χ0v) is 39.2. The SMILES string of the molecule is F[B-](F)(F)F.O=C1C(c2c(-c3ccccc3)ccc3ccccc23)=c2ccccc2=C/C1=C/N[C@H]1CCCC[C@@H]1N/C=C1/C=c2ccccc2=C(c2c(-c3ccccc3)ccc3ccccc23)C1=O.[Cr]. The Morgan fingerprint density at radius 2 is 0.800 bits per heavy atom. The number of carbonyl (C=O) groups excluding carboxylic acids is 2. The maximum absolute atomic E-state index is 15.0. The van der Waals surface area contributed by atoms with Crippen molar-refractivity contribution in [3.05, 3.63) is 238 Å². The molecule has 346 valence electrons. The first-order chi connectivity index (χ1) is 33.6. The van der Waals surface area contributed by atoms with Gasteiger partial charge in [0.05, 0.1) is 0 Å². The van der Waals surface area contributed by atoms with Gasteiger partial charge in [-0.2, -0.15) is 0 Å². The number of ketones is 2. The van der Waals surface area contributed by atoms with E-state index in [9.17, 15) is 17.3 Å². The number of benzene rings is 8. The molecular weight excluding hydrogens is 919 g/mol. The molecule has 0 bridgehead atoms. The first kappa shape index (κ1) is 47.6. The van der Waals surface area contributed by atoms with Crippen LogP contribution in [0.1, 0.15) is 36.8 Å². The maximum Gasteiger partial charge on any atom is 0.673 e. The van der Waals surface area contributed by atoms with Crippen molar-refractivity contribution in [3.8, 4) is 22.3 Å². The Morgan fingerprint density at radius 1 is 0.443 bits per heavy atom. The number of nitrogens with one attached hydrogen (secondary N) is 2. The van der Waals surface area contributed by atoms with E-state index in [0.29, 0.717) is 22.3 Å². The van der Waals surface area contributed by atoms with E-state index in [1.165, 1.54) is 0 Å². The van der Waals surface area contributed by atoms with E-state index in [4.69, 9.17) is 0 Å². The fourth-order valence-electron chi connectivity index (χ4n) is 10.1. The van der Waals surface area contributed by atoms with Crippen LogP contribution in [0.25, 0.3) is 67.1 Å². The summed E-state index contributed by atoms with van der Waals surface area (Å²) in [6, 6.07) is 62.6. The van der Waals surface area contributed by atoms with E-state index in [1.807, 2.05) is 97.3 Å². The molecule has 1 fully saturated rings. The Labute approximate surface area is 414 Å². The zero-order chi connectivity index (χ0) is 47.5. The Balaban J connectivity index is 0.000000967. The van der Waals surface area contributed by atoms with Crippen molar-refractivity contribution in [1.29, 1.82) is 0 Å². The van der Waals surface area contributed by atoms with Crippen molar-refractivity contribution in [1.82, 2.24) is 10.6 Å². The van der Waals surface area contributed by atoms with Crippen LogP contribution in [0, 0.1) is 0 Å². The molecule has 11 rings (SSSR count). The summed E-state index contributed by atoms with van der Waals surface area (Å²) in [5, 5.41) is 15.7. The van der Waals surface area contributed by atoms with Crippen LogP contribution in [0.2, 0.25) is 0 Å². The molecule has 0 saturated heterocycles. The van der Waals surface area contributed by atoms with Gasteiger partial charge >= 0.3 is 7.25 Å². The topological polar surface area (TPSA) is 58.2 Å². The number of carbonyl (C=O) groups is 2. The summed E-state index contributed by atoms with van der Waals surface area (Å²) in [4.78, 5) is 30.1. The van der Waals surface area contributed by atoms with Crippen molar-refractivity contribution < 1.29 is 44.2 Å². The maximum atomic E-state index is 15.0. The number of Topliss-reactive ketones (excluding diaryl/α,β-unsaturated/α-hetero) is 2. The molecule has 0 aliphatic heterocycles. The summed E-state index contributed by atoms with van der Waals surface area (Å²) in [7, 11) is -6.00. The van der Waals surface area contributed by atoms with Gasteiger partial charge in [0.15, 0.2) is 11.6 Å². The Hall–Kier alpha value is -7.50. The molecule has 2 atom stereocenters. The summed E-state index contributed by atoms with van der Waals surface area (Å²) in [6.45, 7) is 0. The molecular formula is C60H46BCrF4N2O2-. The van der Waals surface area contributed by atoms with Crippen LogP contribution in [-0.2, 0) is 27.0 Å². The van der Waals surface area contributed by atoms with E-state index in [1.54, 1.807) is 0 Å². The van der Waals surface area contributed by atoms with Crippen molar-refractivity contribution in [3.63, 3.8) is 0 Å². The molecule has 10 heteroatoms. The molecule has 0 heterocycles. The summed E-state index contributed by atoms with van der Waals surface area (Å²) >= 11 is 0. The summed E-state index contributed by atoms with van der Waals surface area (Å²) < 4.78 is 39.0. The molecule has 3 aliphatic rings. The average molecular weight is 966 g/mol. The van der Waals surface area contributed by atoms with Crippen LogP contribution in [-0.4, -0.2) is 30.9 Å². The van der Waals surface area contributed by atoms with Crippen LogP contribution in [0.15, 0.2) is 206 Å². The minimum absolute atomic E-state index is 0. The standard InChI is InChI=1S/C60H46N2O2.BF4.Cr/c63-59-45(35-43-23-9-13-27-49(43)57(59)55-47-25-11-7-21-41(47)31-33-51(55)39-17-3-1-4-18-39)37-61-53-29-15-16-30-54(53)62-38-46-36-44-24-10-14-28-50(44)58(60(46)64)56-48-26-12-8-22-42(48)32-34-52(56)40-19-5-2-6-20-40;2-1(3,4)5;/h1-14,17-28,31-38,53-54,61-62H,15-16,29-30H2;;/q;-1;/b45-37-,46-38-;;/t53-,54-;;/m0../s1. The van der Waals surface area contributed by atoms with Crippen molar-refractivity contribution >= 4 is 63.7 Å². The second-order valence-corrected chi connectivity index (χ2v) is 17.5. The fourth-order valence-corrected chi connectivity index (χ4v) is 10.1. The quantitative estimate of drug-likeness (QED) is 0.0905. The smallest absolute Gasteiger partial charge is 0.418 e. The van der Waals surface area contributed by atoms with Gasteiger partial charge in [-0.1, -0.05) is 195 Å². The number of allylic oxidation sites excluding steroid dienone is 2. The van der Waals surface area contributed by atoms with E-state index in [-0.39, 0.29) is 41.0 Å². The second kappa shape index (κ2) is 20.6. The minimum atomic E-state index is -6.00. The largest absolute Gasteiger partial charge is 0.673 e. The van der Waals surface area contributed by atoms with Gasteiger partial charge in [-0.15, -0.1) is 0 Å².